The van der Waals surface area contributed by atoms with Gasteiger partial charge in [0.15, 0.2) is 0 Å². The molecule has 2 aromatic carbocycles. The average Bonchev–Trinajstić information content (AvgIpc) is 2.93. The minimum Gasteiger partial charge on any atom is -0.497 e. The highest BCUT2D eigenvalue weighted by Gasteiger charge is 2.27. The molecule has 0 radical (unpaired) electrons. The molecule has 4 heteroatoms. The van der Waals surface area contributed by atoms with Gasteiger partial charge in [-0.3, -0.25) is 4.90 Å². The zero-order valence-electron chi connectivity index (χ0n) is 12.1. The van der Waals surface area contributed by atoms with Crippen LogP contribution in [0.25, 0.3) is 0 Å². The third-order valence-corrected chi connectivity index (χ3v) is 4.81. The molecule has 0 aromatic heterocycles. The molecule has 2 aromatic rings. The van der Waals surface area contributed by atoms with Gasteiger partial charge in [0.25, 0.3) is 0 Å². The van der Waals surface area contributed by atoms with Gasteiger partial charge < -0.3 is 10.5 Å². The third kappa shape index (κ3) is 2.84. The van der Waals surface area contributed by atoms with Crippen LogP contribution in [-0.2, 0) is 13.1 Å². The number of rotatable bonds is 4. The van der Waals surface area contributed by atoms with Crippen molar-refractivity contribution >= 4 is 15.9 Å². The molecule has 110 valence electrons. The Labute approximate surface area is 133 Å². The summed E-state index contributed by atoms with van der Waals surface area (Å²) < 4.78 is 6.43. The minimum atomic E-state index is 0.182. The number of nitrogens with zero attached hydrogens (tertiary/aromatic N) is 1. The molecule has 1 aliphatic rings. The highest BCUT2D eigenvalue weighted by Crippen LogP contribution is 2.35. The summed E-state index contributed by atoms with van der Waals surface area (Å²) in [5.74, 6) is 0.864. The van der Waals surface area contributed by atoms with Crippen LogP contribution in [0.5, 0.6) is 5.75 Å². The Balaban J connectivity index is 1.90. The summed E-state index contributed by atoms with van der Waals surface area (Å²) >= 11 is 3.65. The maximum absolute atomic E-state index is 6.08. The first kappa shape index (κ1) is 14.6. The van der Waals surface area contributed by atoms with Crippen LogP contribution in [-0.4, -0.2) is 18.6 Å². The van der Waals surface area contributed by atoms with Crippen LogP contribution in [0.15, 0.2) is 46.9 Å². The van der Waals surface area contributed by atoms with Crippen LogP contribution in [0, 0.1) is 0 Å². The lowest BCUT2D eigenvalue weighted by Crippen LogP contribution is -2.30. The zero-order chi connectivity index (χ0) is 14.8. The number of benzene rings is 2. The first-order valence-corrected chi connectivity index (χ1v) is 7.86. The van der Waals surface area contributed by atoms with E-state index >= 15 is 0 Å². The van der Waals surface area contributed by atoms with Gasteiger partial charge in [0, 0.05) is 30.1 Å². The monoisotopic (exact) mass is 346 g/mol. The summed E-state index contributed by atoms with van der Waals surface area (Å²) in [4.78, 5) is 2.42. The Kier molecular flexibility index (Phi) is 4.29. The smallest absolute Gasteiger partial charge is 0.119 e. The van der Waals surface area contributed by atoms with Crippen molar-refractivity contribution in [1.29, 1.82) is 0 Å². The highest BCUT2D eigenvalue weighted by molar-refractivity contribution is 9.10. The molecule has 0 saturated carbocycles. The van der Waals surface area contributed by atoms with Crippen LogP contribution in [0.4, 0.5) is 0 Å². The molecular weight excluding hydrogens is 328 g/mol. The van der Waals surface area contributed by atoms with E-state index in [1.807, 2.05) is 12.1 Å². The summed E-state index contributed by atoms with van der Waals surface area (Å²) in [6.45, 7) is 2.48. The van der Waals surface area contributed by atoms with E-state index in [2.05, 4.69) is 51.2 Å². The Morgan fingerprint density at radius 3 is 2.43 bits per heavy atom. The Bertz CT molecular complexity index is 619. The normalized spacial score (nSPS) is 15.8. The molecule has 0 fully saturated rings. The standard InChI is InChI=1S/C17H19BrN2O/c1-21-14-6-7-16(18)15(8-14)17(9-19)20-10-12-4-2-3-5-13(12)11-20/h2-8,17H,9-11,19H2,1H3. The van der Waals surface area contributed by atoms with Crippen molar-refractivity contribution < 1.29 is 4.74 Å². The van der Waals surface area contributed by atoms with E-state index in [0.29, 0.717) is 6.54 Å². The molecule has 0 saturated heterocycles. The van der Waals surface area contributed by atoms with E-state index in [-0.39, 0.29) is 6.04 Å². The Hall–Kier alpha value is -1.36. The second-order valence-electron chi connectivity index (χ2n) is 5.31. The van der Waals surface area contributed by atoms with Gasteiger partial charge in [-0.05, 0) is 34.9 Å². The molecule has 1 unspecified atom stereocenters. The second-order valence-corrected chi connectivity index (χ2v) is 6.17. The molecule has 21 heavy (non-hydrogen) atoms. The fraction of sp³-hybridized carbons (Fsp3) is 0.294. The van der Waals surface area contributed by atoms with Crippen LogP contribution in [0.3, 0.4) is 0 Å². The number of nitrogens with two attached hydrogens (primary N) is 1. The van der Waals surface area contributed by atoms with Crippen molar-refractivity contribution in [2.45, 2.75) is 19.1 Å². The van der Waals surface area contributed by atoms with Crippen molar-refractivity contribution in [3.8, 4) is 5.75 Å². The summed E-state index contributed by atoms with van der Waals surface area (Å²) in [5, 5.41) is 0. The number of methoxy groups -OCH3 is 1. The van der Waals surface area contributed by atoms with Crippen LogP contribution < -0.4 is 10.5 Å². The first-order valence-electron chi connectivity index (χ1n) is 7.07. The molecular formula is C17H19BrN2O. The van der Waals surface area contributed by atoms with E-state index in [1.165, 1.54) is 16.7 Å². The molecule has 2 N–H and O–H groups in total. The molecule has 0 aliphatic carbocycles. The number of ether oxygens (including phenoxy) is 1. The van der Waals surface area contributed by atoms with Crippen molar-refractivity contribution in [3.05, 3.63) is 63.6 Å². The maximum Gasteiger partial charge on any atom is 0.119 e. The van der Waals surface area contributed by atoms with E-state index < -0.39 is 0 Å². The van der Waals surface area contributed by atoms with Gasteiger partial charge in [-0.2, -0.15) is 0 Å². The maximum atomic E-state index is 6.08. The van der Waals surface area contributed by atoms with Gasteiger partial charge in [0.2, 0.25) is 0 Å². The van der Waals surface area contributed by atoms with Gasteiger partial charge in [0.1, 0.15) is 5.75 Å². The molecule has 3 nitrogen and oxygen atoms in total. The van der Waals surface area contributed by atoms with Gasteiger partial charge in [0.05, 0.1) is 7.11 Å². The number of hydrogen-bond donors (Lipinski definition) is 1. The highest BCUT2D eigenvalue weighted by atomic mass is 79.9. The van der Waals surface area contributed by atoms with Gasteiger partial charge in [-0.25, -0.2) is 0 Å². The fourth-order valence-corrected chi connectivity index (χ4v) is 3.47. The van der Waals surface area contributed by atoms with E-state index in [1.54, 1.807) is 7.11 Å². The van der Waals surface area contributed by atoms with Crippen molar-refractivity contribution in [2.24, 2.45) is 5.73 Å². The molecule has 1 aliphatic heterocycles. The predicted molar refractivity (Wildman–Crippen MR) is 88.2 cm³/mol. The third-order valence-electron chi connectivity index (χ3n) is 4.09. The van der Waals surface area contributed by atoms with Gasteiger partial charge >= 0.3 is 0 Å². The molecule has 1 atom stereocenters. The topological polar surface area (TPSA) is 38.5 Å². The predicted octanol–water partition coefficient (Wildman–Crippen LogP) is 3.47. The lowest BCUT2D eigenvalue weighted by molar-refractivity contribution is 0.204. The summed E-state index contributed by atoms with van der Waals surface area (Å²) in [6.07, 6.45) is 0. The SMILES string of the molecule is COc1ccc(Br)c(C(CN)N2Cc3ccccc3C2)c1. The van der Waals surface area contributed by atoms with Crippen molar-refractivity contribution in [3.63, 3.8) is 0 Å². The second kappa shape index (κ2) is 6.18. The molecule has 3 rings (SSSR count). The van der Waals surface area contributed by atoms with Crippen LogP contribution in [0.1, 0.15) is 22.7 Å². The fourth-order valence-electron chi connectivity index (χ4n) is 2.96. The quantitative estimate of drug-likeness (QED) is 0.920. The first-order chi connectivity index (χ1) is 10.2. The van der Waals surface area contributed by atoms with Crippen LogP contribution in [0.2, 0.25) is 0 Å². The largest absolute Gasteiger partial charge is 0.497 e. The van der Waals surface area contributed by atoms with Gasteiger partial charge in [-0.1, -0.05) is 40.2 Å². The lowest BCUT2D eigenvalue weighted by atomic mass is 10.1. The number of fused-ring (bicyclic) bond motifs is 1. The lowest BCUT2D eigenvalue weighted by Gasteiger charge is -2.27. The van der Waals surface area contributed by atoms with Crippen molar-refractivity contribution in [2.75, 3.05) is 13.7 Å². The molecule has 0 amide bonds. The summed E-state index contributed by atoms with van der Waals surface area (Å²) in [5.41, 5.74) is 10.1. The van der Waals surface area contributed by atoms with Crippen molar-refractivity contribution in [1.82, 2.24) is 4.90 Å². The Morgan fingerprint density at radius 1 is 1.19 bits per heavy atom. The average molecular weight is 347 g/mol. The molecule has 0 bridgehead atoms. The van der Waals surface area contributed by atoms with E-state index in [0.717, 1.165) is 23.3 Å². The van der Waals surface area contributed by atoms with Crippen LogP contribution >= 0.6 is 15.9 Å². The number of halogens is 1. The Morgan fingerprint density at radius 2 is 1.86 bits per heavy atom. The van der Waals surface area contributed by atoms with Gasteiger partial charge in [-0.15, -0.1) is 0 Å². The summed E-state index contributed by atoms with van der Waals surface area (Å²) in [7, 11) is 1.69. The minimum absolute atomic E-state index is 0.182. The van der Waals surface area contributed by atoms with E-state index in [9.17, 15) is 0 Å². The molecule has 0 spiro atoms. The summed E-state index contributed by atoms with van der Waals surface area (Å²) in [6, 6.07) is 14.8. The van der Waals surface area contributed by atoms with E-state index in [4.69, 9.17) is 10.5 Å². The number of hydrogen-bond acceptors (Lipinski definition) is 3. The zero-order valence-corrected chi connectivity index (χ0v) is 13.6. The molecule has 1 heterocycles.